The number of amides is 2. The van der Waals surface area contributed by atoms with Crippen LogP contribution in [0.25, 0.3) is 10.9 Å². The average Bonchev–Trinajstić information content (AvgIpc) is 3.37. The van der Waals surface area contributed by atoms with Crippen molar-refractivity contribution in [3.8, 4) is 0 Å². The van der Waals surface area contributed by atoms with Crippen LogP contribution in [0, 0.1) is 0 Å². The first kappa shape index (κ1) is 22.0. The van der Waals surface area contributed by atoms with E-state index in [-0.39, 0.29) is 42.9 Å². The number of anilines is 1. The maximum absolute atomic E-state index is 13.6. The summed E-state index contributed by atoms with van der Waals surface area (Å²) < 4.78 is 5.77. The summed E-state index contributed by atoms with van der Waals surface area (Å²) in [5, 5.41) is 6.20. The molecule has 3 heterocycles. The highest BCUT2D eigenvalue weighted by atomic mass is 16.5. The molecule has 1 N–H and O–H groups in total. The van der Waals surface area contributed by atoms with Gasteiger partial charge in [0.1, 0.15) is 11.5 Å². The van der Waals surface area contributed by atoms with E-state index in [4.69, 9.17) is 4.74 Å². The summed E-state index contributed by atoms with van der Waals surface area (Å²) >= 11 is 0. The van der Waals surface area contributed by atoms with Crippen LogP contribution >= 0.6 is 0 Å². The van der Waals surface area contributed by atoms with Gasteiger partial charge < -0.3 is 14.6 Å². The highest BCUT2D eigenvalue weighted by Crippen LogP contribution is 2.22. The fraction of sp³-hybridized carbons (Fsp3) is 0.320. The van der Waals surface area contributed by atoms with Gasteiger partial charge in [-0.05, 0) is 37.1 Å². The fourth-order valence-electron chi connectivity index (χ4n) is 4.30. The van der Waals surface area contributed by atoms with Crippen LogP contribution in [0.1, 0.15) is 31.5 Å². The maximum Gasteiger partial charge on any atom is 0.270 e. The predicted octanol–water partition coefficient (Wildman–Crippen LogP) is 2.61. The monoisotopic (exact) mass is 459 g/mol. The number of aromatic nitrogens is 2. The number of benzene rings is 2. The smallest absolute Gasteiger partial charge is 0.270 e. The number of rotatable bonds is 6. The van der Waals surface area contributed by atoms with Gasteiger partial charge in [-0.15, -0.1) is 0 Å². The quantitative estimate of drug-likeness (QED) is 0.610. The summed E-state index contributed by atoms with van der Waals surface area (Å²) in [6, 6.07) is 16.1. The molecule has 0 aliphatic carbocycles. The summed E-state index contributed by atoms with van der Waals surface area (Å²) in [7, 11) is 0. The van der Waals surface area contributed by atoms with Gasteiger partial charge in [0.15, 0.2) is 0 Å². The zero-order chi connectivity index (χ0) is 23.5. The first-order valence-corrected chi connectivity index (χ1v) is 11.4. The number of nitrogens with zero attached hydrogens (tertiary/aromatic N) is 4. The maximum atomic E-state index is 13.6. The van der Waals surface area contributed by atoms with Crippen LogP contribution in [-0.4, -0.2) is 51.6 Å². The van der Waals surface area contributed by atoms with E-state index < -0.39 is 0 Å². The lowest BCUT2D eigenvalue weighted by Crippen LogP contribution is -2.44. The Morgan fingerprint density at radius 3 is 2.68 bits per heavy atom. The van der Waals surface area contributed by atoms with Crippen LogP contribution in [0.5, 0.6) is 0 Å². The van der Waals surface area contributed by atoms with E-state index in [0.717, 1.165) is 12.8 Å². The topological polar surface area (TPSA) is 108 Å². The second kappa shape index (κ2) is 9.56. The van der Waals surface area contributed by atoms with Crippen molar-refractivity contribution in [2.24, 2.45) is 5.10 Å². The van der Waals surface area contributed by atoms with Gasteiger partial charge in [0.05, 0.1) is 29.2 Å². The number of hydrogen-bond donors (Lipinski definition) is 1. The van der Waals surface area contributed by atoms with Crippen molar-refractivity contribution in [2.45, 2.75) is 38.3 Å². The second-order valence-corrected chi connectivity index (χ2v) is 8.44. The van der Waals surface area contributed by atoms with E-state index in [1.54, 1.807) is 35.2 Å². The average molecular weight is 460 g/mol. The second-order valence-electron chi connectivity index (χ2n) is 8.44. The van der Waals surface area contributed by atoms with Crippen LogP contribution in [0.3, 0.4) is 0 Å². The van der Waals surface area contributed by atoms with Gasteiger partial charge in [0, 0.05) is 26.0 Å². The molecule has 5 rings (SSSR count). The van der Waals surface area contributed by atoms with Gasteiger partial charge >= 0.3 is 0 Å². The third-order valence-corrected chi connectivity index (χ3v) is 6.02. The minimum Gasteiger partial charge on any atom is -0.376 e. The molecule has 2 aliphatic rings. The zero-order valence-corrected chi connectivity index (χ0v) is 18.6. The Labute approximate surface area is 196 Å². The number of carbonyl (C=O) groups is 2. The van der Waals surface area contributed by atoms with E-state index in [9.17, 15) is 14.4 Å². The van der Waals surface area contributed by atoms with Crippen molar-refractivity contribution in [1.82, 2.24) is 14.9 Å². The number of fused-ring (bicyclic) bond motifs is 1. The van der Waals surface area contributed by atoms with Crippen molar-refractivity contribution < 1.29 is 14.3 Å². The number of hydrogen-bond acceptors (Lipinski definition) is 6. The molecule has 3 aromatic rings. The Morgan fingerprint density at radius 2 is 1.88 bits per heavy atom. The molecular formula is C25H25N5O4. The van der Waals surface area contributed by atoms with E-state index in [0.29, 0.717) is 41.3 Å². The normalized spacial score (nSPS) is 18.2. The molecule has 1 atom stereocenters. The summed E-state index contributed by atoms with van der Waals surface area (Å²) in [5.41, 5.74) is 1.23. The Bertz CT molecular complexity index is 1300. The lowest BCUT2D eigenvalue weighted by molar-refractivity contribution is -0.126. The van der Waals surface area contributed by atoms with Gasteiger partial charge in [-0.25, -0.2) is 9.99 Å². The van der Waals surface area contributed by atoms with Gasteiger partial charge in [-0.1, -0.05) is 30.3 Å². The third kappa shape index (κ3) is 4.60. The standard InChI is InChI=1S/C25H25N5O4/c31-23-13-12-21(28-30(23)17-7-2-1-3-8-17)25(33)29(15-18-9-6-14-34-18)16-22-26-20-11-5-4-10-19(20)24(32)27-22/h1-5,7-8,10-11,18H,6,9,12-16H2,(H,26,27,32). The molecule has 0 spiro atoms. The number of carbonyl (C=O) groups excluding carboxylic acids is 2. The largest absolute Gasteiger partial charge is 0.376 e. The SMILES string of the molecule is O=C(C1=NN(c2ccccc2)C(=O)CC1)N(Cc1nc2ccccc2c(=O)[nH]1)CC1CCCO1. The predicted molar refractivity (Wildman–Crippen MR) is 127 cm³/mol. The number of H-pyrrole nitrogens is 1. The third-order valence-electron chi connectivity index (χ3n) is 6.02. The lowest BCUT2D eigenvalue weighted by Gasteiger charge is -2.28. The van der Waals surface area contributed by atoms with Crippen LogP contribution in [0.2, 0.25) is 0 Å². The van der Waals surface area contributed by atoms with Gasteiger partial charge in [-0.3, -0.25) is 14.4 Å². The molecule has 1 unspecified atom stereocenters. The van der Waals surface area contributed by atoms with Crippen molar-refractivity contribution in [1.29, 1.82) is 0 Å². The van der Waals surface area contributed by atoms with E-state index in [1.165, 1.54) is 5.01 Å². The molecule has 1 aromatic heterocycles. The van der Waals surface area contributed by atoms with Crippen molar-refractivity contribution in [3.05, 3.63) is 70.8 Å². The molecule has 2 amide bonds. The van der Waals surface area contributed by atoms with E-state index in [2.05, 4.69) is 15.1 Å². The van der Waals surface area contributed by atoms with Crippen LogP contribution in [-0.2, 0) is 20.9 Å². The summed E-state index contributed by atoms with van der Waals surface area (Å²) in [6.07, 6.45) is 2.15. The summed E-state index contributed by atoms with van der Waals surface area (Å²) in [4.78, 5) is 47.6. The number of ether oxygens (including phenoxy) is 1. The molecule has 2 aliphatic heterocycles. The van der Waals surface area contributed by atoms with Crippen LogP contribution in [0.4, 0.5) is 5.69 Å². The first-order valence-electron chi connectivity index (χ1n) is 11.4. The van der Waals surface area contributed by atoms with Crippen LogP contribution in [0.15, 0.2) is 64.5 Å². The van der Waals surface area contributed by atoms with Crippen molar-refractivity contribution in [2.75, 3.05) is 18.2 Å². The number of para-hydroxylation sites is 2. The zero-order valence-electron chi connectivity index (χ0n) is 18.6. The van der Waals surface area contributed by atoms with E-state index in [1.807, 2.05) is 24.3 Å². The minimum atomic E-state index is -0.292. The summed E-state index contributed by atoms with van der Waals surface area (Å²) in [6.45, 7) is 1.12. The Hall–Kier alpha value is -3.85. The lowest BCUT2D eigenvalue weighted by atomic mass is 10.1. The van der Waals surface area contributed by atoms with E-state index >= 15 is 0 Å². The molecule has 2 aromatic carbocycles. The fourth-order valence-corrected chi connectivity index (χ4v) is 4.30. The molecule has 34 heavy (non-hydrogen) atoms. The Balaban J connectivity index is 1.45. The highest BCUT2D eigenvalue weighted by molar-refractivity contribution is 6.40. The number of hydrazone groups is 1. The van der Waals surface area contributed by atoms with Gasteiger partial charge in [0.2, 0.25) is 5.91 Å². The molecule has 9 nitrogen and oxygen atoms in total. The highest BCUT2D eigenvalue weighted by Gasteiger charge is 2.31. The van der Waals surface area contributed by atoms with Crippen LogP contribution < -0.4 is 10.6 Å². The molecule has 1 saturated heterocycles. The number of nitrogens with one attached hydrogen (secondary N) is 1. The molecule has 0 radical (unpaired) electrons. The molecule has 1 fully saturated rings. The Morgan fingerprint density at radius 1 is 1.09 bits per heavy atom. The molecule has 0 saturated carbocycles. The molecule has 9 heteroatoms. The first-order chi connectivity index (χ1) is 16.6. The summed E-state index contributed by atoms with van der Waals surface area (Å²) in [5.74, 6) is -0.0591. The minimum absolute atomic E-state index is 0.0906. The molecule has 0 bridgehead atoms. The van der Waals surface area contributed by atoms with Gasteiger partial charge in [-0.2, -0.15) is 5.10 Å². The van der Waals surface area contributed by atoms with Gasteiger partial charge in [0.25, 0.3) is 11.5 Å². The molecule has 174 valence electrons. The molecular weight excluding hydrogens is 434 g/mol. The van der Waals surface area contributed by atoms with Crippen molar-refractivity contribution in [3.63, 3.8) is 0 Å². The number of aromatic amines is 1. The Kier molecular flexibility index (Phi) is 6.18. The van der Waals surface area contributed by atoms with Crippen molar-refractivity contribution >= 4 is 34.1 Å².